The van der Waals surface area contributed by atoms with Gasteiger partial charge in [-0.05, 0) is 29.1 Å². The van der Waals surface area contributed by atoms with Gasteiger partial charge in [-0.15, -0.1) is 16.4 Å². The van der Waals surface area contributed by atoms with Gasteiger partial charge >= 0.3 is 5.76 Å². The van der Waals surface area contributed by atoms with Gasteiger partial charge in [0.15, 0.2) is 0 Å². The van der Waals surface area contributed by atoms with E-state index in [0.29, 0.717) is 5.56 Å². The molecule has 0 saturated heterocycles. The molecule has 19 heavy (non-hydrogen) atoms. The van der Waals surface area contributed by atoms with Crippen molar-refractivity contribution < 1.29 is 8.81 Å². The molecular formula is C13H9FN2O2S. The number of halogens is 1. The van der Waals surface area contributed by atoms with E-state index in [1.165, 1.54) is 28.2 Å². The zero-order valence-electron chi connectivity index (χ0n) is 9.75. The summed E-state index contributed by atoms with van der Waals surface area (Å²) in [4.78, 5) is 12.5. The molecule has 2 aromatic heterocycles. The van der Waals surface area contributed by atoms with Crippen molar-refractivity contribution in [3.8, 4) is 10.8 Å². The Morgan fingerprint density at radius 1 is 1.32 bits per heavy atom. The first kappa shape index (κ1) is 11.9. The molecule has 0 saturated carbocycles. The van der Waals surface area contributed by atoms with Crippen LogP contribution in [0.15, 0.2) is 51.0 Å². The molecule has 0 aliphatic rings. The number of rotatable bonds is 3. The SMILES string of the molecule is O=c1oc(-c2cccs2)nn1Cc1cccc(F)c1. The maximum atomic E-state index is 13.1. The number of hydrogen-bond donors (Lipinski definition) is 0. The van der Waals surface area contributed by atoms with Crippen LogP contribution in [-0.4, -0.2) is 9.78 Å². The van der Waals surface area contributed by atoms with Gasteiger partial charge in [0.05, 0.1) is 11.4 Å². The molecule has 3 rings (SSSR count). The lowest BCUT2D eigenvalue weighted by molar-refractivity contribution is 0.495. The average Bonchev–Trinajstić information content (AvgIpc) is 3.00. The lowest BCUT2D eigenvalue weighted by atomic mass is 10.2. The second-order valence-electron chi connectivity index (χ2n) is 3.94. The van der Waals surface area contributed by atoms with Gasteiger partial charge in [0.25, 0.3) is 5.89 Å². The zero-order valence-corrected chi connectivity index (χ0v) is 10.6. The fraction of sp³-hybridized carbons (Fsp3) is 0.0769. The first-order valence-corrected chi connectivity index (χ1v) is 6.46. The minimum absolute atomic E-state index is 0.186. The van der Waals surface area contributed by atoms with Crippen LogP contribution in [0.2, 0.25) is 0 Å². The van der Waals surface area contributed by atoms with Gasteiger partial charge in [-0.25, -0.2) is 9.18 Å². The van der Waals surface area contributed by atoms with Crippen molar-refractivity contribution in [1.29, 1.82) is 0 Å². The zero-order chi connectivity index (χ0) is 13.2. The van der Waals surface area contributed by atoms with Crippen LogP contribution in [0.3, 0.4) is 0 Å². The number of nitrogens with zero attached hydrogens (tertiary/aromatic N) is 2. The molecule has 0 spiro atoms. The molecule has 1 aromatic carbocycles. The van der Waals surface area contributed by atoms with Crippen molar-refractivity contribution in [3.63, 3.8) is 0 Å². The normalized spacial score (nSPS) is 10.8. The third kappa shape index (κ3) is 2.48. The number of benzene rings is 1. The van der Waals surface area contributed by atoms with Crippen LogP contribution in [0.25, 0.3) is 10.8 Å². The van der Waals surface area contributed by atoms with Crippen LogP contribution in [0.4, 0.5) is 4.39 Å². The molecule has 0 unspecified atom stereocenters. The van der Waals surface area contributed by atoms with Crippen LogP contribution >= 0.6 is 11.3 Å². The van der Waals surface area contributed by atoms with E-state index in [2.05, 4.69) is 5.10 Å². The predicted octanol–water partition coefficient (Wildman–Crippen LogP) is 2.75. The number of thiophene rings is 1. The minimum Gasteiger partial charge on any atom is -0.387 e. The van der Waals surface area contributed by atoms with E-state index >= 15 is 0 Å². The van der Waals surface area contributed by atoms with Gasteiger partial charge in [-0.3, -0.25) is 0 Å². The second-order valence-corrected chi connectivity index (χ2v) is 4.89. The van der Waals surface area contributed by atoms with Gasteiger partial charge in [0, 0.05) is 0 Å². The maximum Gasteiger partial charge on any atom is 0.437 e. The Hall–Kier alpha value is -2.21. The molecule has 0 atom stereocenters. The van der Waals surface area contributed by atoms with Crippen molar-refractivity contribution in [2.24, 2.45) is 0 Å². The maximum absolute atomic E-state index is 13.1. The molecular weight excluding hydrogens is 267 g/mol. The monoisotopic (exact) mass is 276 g/mol. The smallest absolute Gasteiger partial charge is 0.387 e. The van der Waals surface area contributed by atoms with Crippen LogP contribution in [-0.2, 0) is 6.54 Å². The van der Waals surface area contributed by atoms with Gasteiger partial charge < -0.3 is 4.42 Å². The van der Waals surface area contributed by atoms with E-state index in [1.807, 2.05) is 17.5 Å². The summed E-state index contributed by atoms with van der Waals surface area (Å²) >= 11 is 1.44. The Bertz CT molecular complexity index is 746. The van der Waals surface area contributed by atoms with E-state index in [4.69, 9.17) is 4.42 Å². The minimum atomic E-state index is -0.548. The van der Waals surface area contributed by atoms with E-state index in [1.54, 1.807) is 12.1 Å². The van der Waals surface area contributed by atoms with Crippen molar-refractivity contribution in [2.75, 3.05) is 0 Å². The first-order chi connectivity index (χ1) is 9.22. The summed E-state index contributed by atoms with van der Waals surface area (Å²) in [6.07, 6.45) is 0. The van der Waals surface area contributed by atoms with Crippen LogP contribution in [0.1, 0.15) is 5.56 Å². The first-order valence-electron chi connectivity index (χ1n) is 5.58. The van der Waals surface area contributed by atoms with Crippen LogP contribution < -0.4 is 5.76 Å². The van der Waals surface area contributed by atoms with Crippen molar-refractivity contribution in [1.82, 2.24) is 9.78 Å². The van der Waals surface area contributed by atoms with Crippen LogP contribution in [0.5, 0.6) is 0 Å². The van der Waals surface area contributed by atoms with E-state index in [9.17, 15) is 9.18 Å². The van der Waals surface area contributed by atoms with E-state index in [0.717, 1.165) is 4.88 Å². The van der Waals surface area contributed by atoms with Gasteiger partial charge in [0.1, 0.15) is 5.82 Å². The largest absolute Gasteiger partial charge is 0.437 e. The molecule has 0 bridgehead atoms. The quantitative estimate of drug-likeness (QED) is 0.739. The molecule has 0 fully saturated rings. The summed E-state index contributed by atoms with van der Waals surface area (Å²) in [6.45, 7) is 0.186. The average molecular weight is 276 g/mol. The molecule has 0 amide bonds. The van der Waals surface area contributed by atoms with Gasteiger partial charge in [-0.1, -0.05) is 18.2 Å². The molecule has 0 aliphatic heterocycles. The Morgan fingerprint density at radius 2 is 2.21 bits per heavy atom. The Labute approximate surface area is 111 Å². The van der Waals surface area contributed by atoms with Crippen molar-refractivity contribution in [3.05, 3.63) is 63.7 Å². The third-order valence-corrected chi connectivity index (χ3v) is 3.42. The Kier molecular flexibility index (Phi) is 3.00. The summed E-state index contributed by atoms with van der Waals surface area (Å²) in [5.74, 6) is -0.600. The summed E-state index contributed by atoms with van der Waals surface area (Å²) < 4.78 is 19.3. The lowest BCUT2D eigenvalue weighted by Crippen LogP contribution is -2.16. The summed E-state index contributed by atoms with van der Waals surface area (Å²) in [7, 11) is 0. The molecule has 0 aliphatic carbocycles. The van der Waals surface area contributed by atoms with E-state index in [-0.39, 0.29) is 18.3 Å². The van der Waals surface area contributed by atoms with E-state index < -0.39 is 5.76 Å². The Morgan fingerprint density at radius 3 is 2.95 bits per heavy atom. The molecule has 0 radical (unpaired) electrons. The number of hydrogen-bond acceptors (Lipinski definition) is 4. The topological polar surface area (TPSA) is 48.0 Å². The van der Waals surface area contributed by atoms with Crippen LogP contribution in [0, 0.1) is 5.82 Å². The molecule has 3 aromatic rings. The second kappa shape index (κ2) is 4.81. The highest BCUT2D eigenvalue weighted by molar-refractivity contribution is 7.13. The highest BCUT2D eigenvalue weighted by Gasteiger charge is 2.11. The fourth-order valence-corrected chi connectivity index (χ4v) is 2.36. The Balaban J connectivity index is 1.92. The summed E-state index contributed by atoms with van der Waals surface area (Å²) in [5.41, 5.74) is 0.660. The molecule has 0 N–H and O–H groups in total. The standard InChI is InChI=1S/C13H9FN2O2S/c14-10-4-1-3-9(7-10)8-16-13(17)18-12(15-16)11-5-2-6-19-11/h1-7H,8H2. The third-order valence-electron chi connectivity index (χ3n) is 2.56. The van der Waals surface area contributed by atoms with Gasteiger partial charge in [0.2, 0.25) is 0 Å². The highest BCUT2D eigenvalue weighted by Crippen LogP contribution is 2.21. The molecule has 96 valence electrons. The summed E-state index contributed by atoms with van der Waals surface area (Å²) in [6, 6.07) is 9.72. The van der Waals surface area contributed by atoms with Crippen molar-refractivity contribution >= 4 is 11.3 Å². The highest BCUT2D eigenvalue weighted by atomic mass is 32.1. The molecule has 2 heterocycles. The van der Waals surface area contributed by atoms with Gasteiger partial charge in [-0.2, -0.15) is 4.68 Å². The summed E-state index contributed by atoms with van der Waals surface area (Å²) in [5, 5.41) is 5.98. The molecule has 4 nitrogen and oxygen atoms in total. The fourth-order valence-electron chi connectivity index (χ4n) is 1.71. The lowest BCUT2D eigenvalue weighted by Gasteiger charge is -1.98. The number of aromatic nitrogens is 2. The molecule has 6 heteroatoms. The predicted molar refractivity (Wildman–Crippen MR) is 69.6 cm³/mol. The van der Waals surface area contributed by atoms with Crippen molar-refractivity contribution in [2.45, 2.75) is 6.54 Å².